The maximum Gasteiger partial charge on any atom is 0.326 e. The summed E-state index contributed by atoms with van der Waals surface area (Å²) in [6, 6.07) is 5.47. The number of aliphatic carboxylic acids is 1. The summed E-state index contributed by atoms with van der Waals surface area (Å²) in [6.45, 7) is 0.521. The van der Waals surface area contributed by atoms with Gasteiger partial charge in [0.25, 0.3) is 0 Å². The van der Waals surface area contributed by atoms with Crippen LogP contribution in [0.15, 0.2) is 24.3 Å². The van der Waals surface area contributed by atoms with E-state index in [0.717, 1.165) is 12.0 Å². The van der Waals surface area contributed by atoms with Crippen molar-refractivity contribution < 1.29 is 19.1 Å². The van der Waals surface area contributed by atoms with E-state index in [1.165, 1.54) is 28.8 Å². The molecule has 4 nitrogen and oxygen atoms in total. The van der Waals surface area contributed by atoms with Crippen molar-refractivity contribution in [2.45, 2.75) is 24.6 Å². The van der Waals surface area contributed by atoms with Crippen LogP contribution in [0.5, 0.6) is 0 Å². The molecule has 1 aliphatic heterocycles. The molecule has 1 saturated heterocycles. The van der Waals surface area contributed by atoms with E-state index in [2.05, 4.69) is 0 Å². The van der Waals surface area contributed by atoms with Crippen molar-refractivity contribution in [3.05, 3.63) is 35.6 Å². The zero-order valence-corrected chi connectivity index (χ0v) is 11.7. The van der Waals surface area contributed by atoms with Crippen molar-refractivity contribution in [1.82, 2.24) is 4.90 Å². The Morgan fingerprint density at radius 3 is 2.70 bits per heavy atom. The normalized spacial score (nSPS) is 18.2. The summed E-state index contributed by atoms with van der Waals surface area (Å²) in [5.41, 5.74) is 0.945. The first kappa shape index (κ1) is 14.8. The van der Waals surface area contributed by atoms with E-state index >= 15 is 0 Å². The molecule has 0 aliphatic carbocycles. The highest BCUT2D eigenvalue weighted by Crippen LogP contribution is 2.20. The number of thioether (sulfide) groups is 1. The maximum atomic E-state index is 12.7. The number of benzene rings is 1. The number of carbonyl (C=O) groups is 2. The van der Waals surface area contributed by atoms with E-state index in [-0.39, 0.29) is 17.5 Å². The lowest BCUT2D eigenvalue weighted by Gasteiger charge is -2.21. The van der Waals surface area contributed by atoms with Gasteiger partial charge in [-0.2, -0.15) is 0 Å². The summed E-state index contributed by atoms with van der Waals surface area (Å²) >= 11 is 1.41. The van der Waals surface area contributed by atoms with Crippen LogP contribution in [0.4, 0.5) is 4.39 Å². The largest absolute Gasteiger partial charge is 0.480 e. The molecule has 1 fully saturated rings. The number of nitrogens with zero attached hydrogens (tertiary/aromatic N) is 1. The molecule has 1 atom stereocenters. The summed E-state index contributed by atoms with van der Waals surface area (Å²) in [5, 5.41) is 9.03. The zero-order valence-electron chi connectivity index (χ0n) is 10.9. The summed E-state index contributed by atoms with van der Waals surface area (Å²) in [4.78, 5) is 24.4. The van der Waals surface area contributed by atoms with Gasteiger partial charge < -0.3 is 10.0 Å². The van der Waals surface area contributed by atoms with Crippen LogP contribution in [0.25, 0.3) is 0 Å². The molecular formula is C14H16FNO3S. The van der Waals surface area contributed by atoms with Crippen LogP contribution in [0, 0.1) is 5.82 Å². The fourth-order valence-electron chi connectivity index (χ4n) is 2.24. The molecule has 0 unspecified atom stereocenters. The Hall–Kier alpha value is -1.56. The van der Waals surface area contributed by atoms with E-state index in [0.29, 0.717) is 18.7 Å². The van der Waals surface area contributed by atoms with E-state index in [1.807, 2.05) is 0 Å². The van der Waals surface area contributed by atoms with Gasteiger partial charge in [-0.15, -0.1) is 11.8 Å². The summed E-state index contributed by atoms with van der Waals surface area (Å²) < 4.78 is 12.7. The number of carbonyl (C=O) groups excluding carboxylic acids is 1. The van der Waals surface area contributed by atoms with Gasteiger partial charge >= 0.3 is 5.97 Å². The Bertz CT molecular complexity index is 492. The van der Waals surface area contributed by atoms with Crippen LogP contribution in [-0.4, -0.2) is 40.2 Å². The molecule has 1 heterocycles. The highest BCUT2D eigenvalue weighted by molar-refractivity contribution is 7.99. The fourth-order valence-corrected chi connectivity index (χ4v) is 3.11. The molecule has 0 radical (unpaired) electrons. The van der Waals surface area contributed by atoms with Gasteiger partial charge in [-0.1, -0.05) is 12.1 Å². The number of likely N-dealkylation sites (tertiary alicyclic amines) is 1. The fraction of sp³-hybridized carbons (Fsp3) is 0.429. The molecule has 1 aliphatic rings. The third-order valence-electron chi connectivity index (χ3n) is 3.27. The van der Waals surface area contributed by atoms with Gasteiger partial charge in [-0.25, -0.2) is 9.18 Å². The second-order valence-corrected chi connectivity index (χ2v) is 5.69. The van der Waals surface area contributed by atoms with Gasteiger partial charge in [-0.05, 0) is 30.5 Å². The van der Waals surface area contributed by atoms with Crippen LogP contribution in [0.1, 0.15) is 18.4 Å². The lowest BCUT2D eigenvalue weighted by molar-refractivity contribution is -0.147. The third kappa shape index (κ3) is 3.72. The maximum absolute atomic E-state index is 12.7. The molecule has 1 aromatic rings. The van der Waals surface area contributed by atoms with E-state index in [1.54, 1.807) is 12.1 Å². The number of carboxylic acid groups (broad SMARTS) is 1. The van der Waals surface area contributed by atoms with Crippen molar-refractivity contribution in [2.75, 3.05) is 12.3 Å². The minimum Gasteiger partial charge on any atom is -0.480 e. The Kier molecular flexibility index (Phi) is 5.00. The standard InChI is InChI=1S/C14H16FNO3S/c15-11-5-3-10(4-6-11)8-20-9-13(17)16-7-1-2-12(16)14(18)19/h3-6,12H,1-2,7-9H2,(H,18,19)/t12-/m1/s1. The Labute approximate surface area is 121 Å². The quantitative estimate of drug-likeness (QED) is 0.904. The molecule has 0 aromatic heterocycles. The monoisotopic (exact) mass is 297 g/mol. The van der Waals surface area contributed by atoms with Crippen molar-refractivity contribution in [3.8, 4) is 0 Å². The molecule has 0 bridgehead atoms. The molecule has 2 rings (SSSR count). The minimum atomic E-state index is -0.931. The number of hydrogen-bond donors (Lipinski definition) is 1. The molecule has 1 aromatic carbocycles. The second kappa shape index (κ2) is 6.74. The predicted octanol–water partition coefficient (Wildman–Crippen LogP) is 2.13. The predicted molar refractivity (Wildman–Crippen MR) is 74.9 cm³/mol. The molecule has 0 spiro atoms. The average molecular weight is 297 g/mol. The lowest BCUT2D eigenvalue weighted by Crippen LogP contribution is -2.41. The van der Waals surface area contributed by atoms with Crippen LogP contribution >= 0.6 is 11.8 Å². The van der Waals surface area contributed by atoms with Crippen molar-refractivity contribution in [3.63, 3.8) is 0 Å². The first-order valence-electron chi connectivity index (χ1n) is 6.42. The molecule has 1 N–H and O–H groups in total. The molecule has 0 saturated carbocycles. The second-order valence-electron chi connectivity index (χ2n) is 4.70. The Morgan fingerprint density at radius 1 is 1.35 bits per heavy atom. The van der Waals surface area contributed by atoms with Crippen molar-refractivity contribution in [2.24, 2.45) is 0 Å². The van der Waals surface area contributed by atoms with Crippen molar-refractivity contribution >= 4 is 23.6 Å². The summed E-state index contributed by atoms with van der Waals surface area (Å²) in [6.07, 6.45) is 1.27. The topological polar surface area (TPSA) is 57.6 Å². The summed E-state index contributed by atoms with van der Waals surface area (Å²) in [7, 11) is 0. The van der Waals surface area contributed by atoms with Crippen LogP contribution in [0.3, 0.4) is 0 Å². The Balaban J connectivity index is 1.80. The van der Waals surface area contributed by atoms with Gasteiger partial charge in [0.2, 0.25) is 5.91 Å². The van der Waals surface area contributed by atoms with Gasteiger partial charge in [0.1, 0.15) is 11.9 Å². The molecule has 108 valence electrons. The average Bonchev–Trinajstić information content (AvgIpc) is 2.90. The number of carboxylic acids is 1. The molecule has 6 heteroatoms. The highest BCUT2D eigenvalue weighted by atomic mass is 32.2. The van der Waals surface area contributed by atoms with Crippen LogP contribution in [-0.2, 0) is 15.3 Å². The summed E-state index contributed by atoms with van der Waals surface area (Å²) in [5.74, 6) is -0.490. The van der Waals surface area contributed by atoms with Gasteiger partial charge in [0.15, 0.2) is 0 Å². The molecule has 1 amide bonds. The highest BCUT2D eigenvalue weighted by Gasteiger charge is 2.33. The van der Waals surface area contributed by atoms with Gasteiger partial charge in [0.05, 0.1) is 5.75 Å². The number of amides is 1. The first-order chi connectivity index (χ1) is 9.58. The zero-order chi connectivity index (χ0) is 14.5. The van der Waals surface area contributed by atoms with E-state index in [4.69, 9.17) is 5.11 Å². The molecular weight excluding hydrogens is 281 g/mol. The van der Waals surface area contributed by atoms with Gasteiger partial charge in [-0.3, -0.25) is 4.79 Å². The third-order valence-corrected chi connectivity index (χ3v) is 4.25. The number of hydrogen-bond acceptors (Lipinski definition) is 3. The lowest BCUT2D eigenvalue weighted by atomic mass is 10.2. The number of rotatable bonds is 5. The van der Waals surface area contributed by atoms with Crippen LogP contribution < -0.4 is 0 Å². The minimum absolute atomic E-state index is 0.137. The Morgan fingerprint density at radius 2 is 2.05 bits per heavy atom. The van der Waals surface area contributed by atoms with E-state index < -0.39 is 12.0 Å². The van der Waals surface area contributed by atoms with Crippen LogP contribution in [0.2, 0.25) is 0 Å². The van der Waals surface area contributed by atoms with Gasteiger partial charge in [0, 0.05) is 12.3 Å². The SMILES string of the molecule is O=C(O)[C@H]1CCCN1C(=O)CSCc1ccc(F)cc1. The van der Waals surface area contributed by atoms with Crippen molar-refractivity contribution in [1.29, 1.82) is 0 Å². The smallest absolute Gasteiger partial charge is 0.326 e. The number of halogens is 1. The molecule has 20 heavy (non-hydrogen) atoms. The first-order valence-corrected chi connectivity index (χ1v) is 7.58. The van der Waals surface area contributed by atoms with E-state index in [9.17, 15) is 14.0 Å².